The SMILES string of the molecule is COC(=O)[C@](N)(Cc1ccccc1)[C@H](NS(=O)(=O)c1ccc(C)cc1)c1ccccc1. The van der Waals surface area contributed by atoms with Crippen LogP contribution in [0.2, 0.25) is 0 Å². The second-order valence-corrected chi connectivity index (χ2v) is 9.19. The summed E-state index contributed by atoms with van der Waals surface area (Å²) in [5.41, 5.74) is 7.26. The van der Waals surface area contributed by atoms with Crippen LogP contribution >= 0.6 is 0 Å². The quantitative estimate of drug-likeness (QED) is 0.527. The van der Waals surface area contributed by atoms with Gasteiger partial charge in [0.05, 0.1) is 18.0 Å². The zero-order valence-corrected chi connectivity index (χ0v) is 18.3. The fourth-order valence-corrected chi connectivity index (χ4v) is 4.76. The van der Waals surface area contributed by atoms with Crippen LogP contribution in [0.15, 0.2) is 89.8 Å². The van der Waals surface area contributed by atoms with Gasteiger partial charge in [-0.25, -0.2) is 17.9 Å². The van der Waals surface area contributed by atoms with Crippen molar-refractivity contribution >= 4 is 16.0 Å². The molecule has 0 radical (unpaired) electrons. The van der Waals surface area contributed by atoms with Crippen molar-refractivity contribution in [3.8, 4) is 0 Å². The summed E-state index contributed by atoms with van der Waals surface area (Å²) in [4.78, 5) is 13.0. The minimum absolute atomic E-state index is 0.0799. The third kappa shape index (κ3) is 5.19. The van der Waals surface area contributed by atoms with E-state index in [0.29, 0.717) is 5.56 Å². The molecule has 7 heteroatoms. The molecule has 162 valence electrons. The lowest BCUT2D eigenvalue weighted by Gasteiger charge is -2.35. The van der Waals surface area contributed by atoms with Gasteiger partial charge in [0.2, 0.25) is 10.0 Å². The summed E-state index contributed by atoms with van der Waals surface area (Å²) in [6.45, 7) is 1.87. The number of methoxy groups -OCH3 is 1. The van der Waals surface area contributed by atoms with E-state index in [-0.39, 0.29) is 11.3 Å². The molecule has 6 nitrogen and oxygen atoms in total. The van der Waals surface area contributed by atoms with Gasteiger partial charge >= 0.3 is 5.97 Å². The summed E-state index contributed by atoms with van der Waals surface area (Å²) >= 11 is 0. The van der Waals surface area contributed by atoms with Crippen LogP contribution in [0, 0.1) is 6.92 Å². The Morgan fingerprint density at radius 2 is 1.52 bits per heavy atom. The molecule has 3 rings (SSSR count). The number of sulfonamides is 1. The summed E-state index contributed by atoms with van der Waals surface area (Å²) in [5, 5.41) is 0. The molecule has 0 aromatic heterocycles. The van der Waals surface area contributed by atoms with Crippen LogP contribution in [0.25, 0.3) is 0 Å². The van der Waals surface area contributed by atoms with E-state index in [9.17, 15) is 13.2 Å². The van der Waals surface area contributed by atoms with Gasteiger partial charge in [0.15, 0.2) is 0 Å². The minimum atomic E-state index is -3.98. The Morgan fingerprint density at radius 3 is 2.06 bits per heavy atom. The van der Waals surface area contributed by atoms with Crippen LogP contribution in [0.1, 0.15) is 22.7 Å². The van der Waals surface area contributed by atoms with Gasteiger partial charge < -0.3 is 10.5 Å². The van der Waals surface area contributed by atoms with Crippen molar-refractivity contribution in [2.75, 3.05) is 7.11 Å². The molecule has 0 spiro atoms. The second kappa shape index (κ2) is 9.43. The van der Waals surface area contributed by atoms with Gasteiger partial charge in [-0.15, -0.1) is 0 Å². The van der Waals surface area contributed by atoms with Crippen LogP contribution in [-0.4, -0.2) is 27.0 Å². The third-order valence-electron chi connectivity index (χ3n) is 5.16. The van der Waals surface area contributed by atoms with Crippen molar-refractivity contribution < 1.29 is 17.9 Å². The van der Waals surface area contributed by atoms with E-state index in [1.807, 2.05) is 43.3 Å². The maximum absolute atomic E-state index is 13.2. The highest BCUT2D eigenvalue weighted by Crippen LogP contribution is 2.31. The Bertz CT molecular complexity index is 1120. The lowest BCUT2D eigenvalue weighted by molar-refractivity contribution is -0.148. The molecule has 0 saturated heterocycles. The topological polar surface area (TPSA) is 98.5 Å². The number of carbonyl (C=O) groups is 1. The highest BCUT2D eigenvalue weighted by atomic mass is 32.2. The number of ether oxygens (including phenoxy) is 1. The van der Waals surface area contributed by atoms with E-state index in [2.05, 4.69) is 4.72 Å². The highest BCUT2D eigenvalue weighted by molar-refractivity contribution is 7.89. The Morgan fingerprint density at radius 1 is 0.968 bits per heavy atom. The Balaban J connectivity index is 2.10. The first kappa shape index (κ1) is 22.7. The van der Waals surface area contributed by atoms with E-state index < -0.39 is 27.6 Å². The number of nitrogens with one attached hydrogen (secondary N) is 1. The van der Waals surface area contributed by atoms with Crippen LogP contribution in [0.5, 0.6) is 0 Å². The van der Waals surface area contributed by atoms with E-state index >= 15 is 0 Å². The van der Waals surface area contributed by atoms with Crippen LogP contribution in [0.3, 0.4) is 0 Å². The summed E-state index contributed by atoms with van der Waals surface area (Å²) in [6.07, 6.45) is 0.0799. The van der Waals surface area contributed by atoms with E-state index in [1.165, 1.54) is 19.2 Å². The first-order chi connectivity index (χ1) is 14.8. The monoisotopic (exact) mass is 438 g/mol. The van der Waals surface area contributed by atoms with Gasteiger partial charge in [-0.05, 0) is 30.2 Å². The molecule has 3 aromatic rings. The Kier molecular flexibility index (Phi) is 6.90. The number of hydrogen-bond donors (Lipinski definition) is 2. The summed E-state index contributed by atoms with van der Waals surface area (Å²) in [5.74, 6) is -0.711. The number of carbonyl (C=O) groups excluding carboxylic acids is 1. The maximum Gasteiger partial charge on any atom is 0.328 e. The molecule has 2 atom stereocenters. The van der Waals surface area contributed by atoms with Crippen molar-refractivity contribution in [1.29, 1.82) is 0 Å². The first-order valence-electron chi connectivity index (χ1n) is 9.81. The highest BCUT2D eigenvalue weighted by Gasteiger charge is 2.46. The number of rotatable bonds is 8. The lowest BCUT2D eigenvalue weighted by atomic mass is 9.81. The van der Waals surface area contributed by atoms with Gasteiger partial charge in [0.1, 0.15) is 5.54 Å². The van der Waals surface area contributed by atoms with Crippen molar-refractivity contribution in [2.24, 2.45) is 5.73 Å². The molecule has 0 amide bonds. The Hall–Kier alpha value is -3.00. The van der Waals surface area contributed by atoms with Gasteiger partial charge in [-0.2, -0.15) is 0 Å². The van der Waals surface area contributed by atoms with E-state index in [1.54, 1.807) is 36.4 Å². The van der Waals surface area contributed by atoms with Crippen molar-refractivity contribution in [2.45, 2.75) is 29.8 Å². The predicted molar refractivity (Wildman–Crippen MR) is 120 cm³/mol. The molecule has 0 aliphatic carbocycles. The molecular formula is C24H26N2O4S. The van der Waals surface area contributed by atoms with E-state index in [0.717, 1.165) is 11.1 Å². The van der Waals surface area contributed by atoms with Gasteiger partial charge in [0, 0.05) is 6.42 Å². The molecule has 3 aromatic carbocycles. The number of aryl methyl sites for hydroxylation is 1. The zero-order chi connectivity index (χ0) is 22.5. The second-order valence-electron chi connectivity index (χ2n) is 7.47. The molecule has 0 bridgehead atoms. The first-order valence-corrected chi connectivity index (χ1v) is 11.3. The molecule has 3 N–H and O–H groups in total. The standard InChI is InChI=1S/C24H26N2O4S/c1-18-13-15-21(16-14-18)31(28,29)26-22(20-11-7-4-8-12-20)24(25,23(27)30-2)17-19-9-5-3-6-10-19/h3-16,22,26H,17,25H2,1-2H3/t22-,24+/m1/s1. The maximum atomic E-state index is 13.2. The molecule has 0 unspecified atom stereocenters. The lowest BCUT2D eigenvalue weighted by Crippen LogP contribution is -2.60. The van der Waals surface area contributed by atoms with Crippen LogP contribution < -0.4 is 10.5 Å². The Labute approximate surface area is 183 Å². The van der Waals surface area contributed by atoms with Crippen molar-refractivity contribution in [3.05, 3.63) is 102 Å². The number of benzene rings is 3. The average molecular weight is 439 g/mol. The van der Waals surface area contributed by atoms with Crippen molar-refractivity contribution in [3.63, 3.8) is 0 Å². The molecule has 0 aliphatic heterocycles. The van der Waals surface area contributed by atoms with Crippen LogP contribution in [-0.2, 0) is 26.0 Å². The number of hydrogen-bond acceptors (Lipinski definition) is 5. The van der Waals surface area contributed by atoms with Crippen LogP contribution in [0.4, 0.5) is 0 Å². The zero-order valence-electron chi connectivity index (χ0n) is 17.5. The predicted octanol–water partition coefficient (Wildman–Crippen LogP) is 3.13. The molecule has 0 fully saturated rings. The van der Waals surface area contributed by atoms with Gasteiger partial charge in [-0.1, -0.05) is 78.4 Å². The third-order valence-corrected chi connectivity index (χ3v) is 6.60. The molecule has 0 saturated carbocycles. The van der Waals surface area contributed by atoms with Gasteiger partial charge in [0.25, 0.3) is 0 Å². The fraction of sp³-hybridized carbons (Fsp3) is 0.208. The number of nitrogens with two attached hydrogens (primary N) is 1. The largest absolute Gasteiger partial charge is 0.468 e. The number of esters is 1. The average Bonchev–Trinajstić information content (AvgIpc) is 2.78. The van der Waals surface area contributed by atoms with Crippen molar-refractivity contribution in [1.82, 2.24) is 4.72 Å². The molecular weight excluding hydrogens is 412 g/mol. The smallest absolute Gasteiger partial charge is 0.328 e. The molecule has 0 aliphatic rings. The normalized spacial score (nSPS) is 14.4. The summed E-state index contributed by atoms with van der Waals surface area (Å²) in [6, 6.07) is 23.4. The summed E-state index contributed by atoms with van der Waals surface area (Å²) in [7, 11) is -2.74. The van der Waals surface area contributed by atoms with Gasteiger partial charge in [-0.3, -0.25) is 0 Å². The molecule has 0 heterocycles. The van der Waals surface area contributed by atoms with E-state index in [4.69, 9.17) is 10.5 Å². The molecule has 31 heavy (non-hydrogen) atoms. The summed E-state index contributed by atoms with van der Waals surface area (Å²) < 4.78 is 34.1. The fourth-order valence-electron chi connectivity index (χ4n) is 3.47. The minimum Gasteiger partial charge on any atom is -0.468 e.